The molecule has 4 rings (SSSR count). The smallest absolute Gasteiger partial charge is 0.339 e. The Labute approximate surface area is 129 Å². The third kappa shape index (κ3) is 2.92. The van der Waals surface area contributed by atoms with E-state index in [1.807, 2.05) is 0 Å². The molecule has 0 amide bonds. The van der Waals surface area contributed by atoms with Crippen LogP contribution in [0, 0.1) is 5.82 Å². The summed E-state index contributed by atoms with van der Waals surface area (Å²) >= 11 is 0. The molecule has 0 saturated heterocycles. The zero-order valence-corrected chi connectivity index (χ0v) is 12.1. The van der Waals surface area contributed by atoms with E-state index in [0.29, 0.717) is 29.9 Å². The van der Waals surface area contributed by atoms with Gasteiger partial charge in [0.05, 0.1) is 6.54 Å². The van der Waals surface area contributed by atoms with Gasteiger partial charge in [-0.05, 0) is 30.5 Å². The molecule has 3 aromatic rings. The second kappa shape index (κ2) is 5.45. The molecule has 118 valence electrons. The van der Waals surface area contributed by atoms with Crippen LogP contribution >= 0.6 is 0 Å². The van der Waals surface area contributed by atoms with Crippen molar-refractivity contribution in [2.24, 2.45) is 0 Å². The molecular weight excluding hydrogens is 303 g/mol. The topological polar surface area (TPSA) is 87.0 Å². The summed E-state index contributed by atoms with van der Waals surface area (Å²) in [7, 11) is 0. The zero-order valence-electron chi connectivity index (χ0n) is 12.1. The van der Waals surface area contributed by atoms with Gasteiger partial charge >= 0.3 is 5.76 Å². The van der Waals surface area contributed by atoms with Crippen LogP contribution in [0.5, 0.6) is 0 Å². The van der Waals surface area contributed by atoms with E-state index < -0.39 is 5.76 Å². The number of nitrogens with zero attached hydrogens (tertiary/aromatic N) is 4. The maximum atomic E-state index is 13.0. The van der Waals surface area contributed by atoms with Crippen LogP contribution in [0.4, 0.5) is 4.39 Å². The summed E-state index contributed by atoms with van der Waals surface area (Å²) in [6.45, 7) is 0.134. The molecule has 1 aliphatic carbocycles. The third-order valence-electron chi connectivity index (χ3n) is 3.75. The Balaban J connectivity index is 1.56. The van der Waals surface area contributed by atoms with Crippen molar-refractivity contribution >= 4 is 0 Å². The normalized spacial score (nSPS) is 14.3. The number of aromatic nitrogens is 4. The van der Waals surface area contributed by atoms with E-state index in [4.69, 9.17) is 9.05 Å². The summed E-state index contributed by atoms with van der Waals surface area (Å²) in [5.74, 6) is 0.918. The molecule has 0 atom stereocenters. The van der Waals surface area contributed by atoms with Crippen LogP contribution in [0.25, 0.3) is 0 Å². The van der Waals surface area contributed by atoms with Crippen LogP contribution in [0.2, 0.25) is 0 Å². The van der Waals surface area contributed by atoms with Crippen molar-refractivity contribution in [3.8, 4) is 0 Å². The molecule has 8 heteroatoms. The summed E-state index contributed by atoms with van der Waals surface area (Å²) in [4.78, 5) is 16.1. The fourth-order valence-electron chi connectivity index (χ4n) is 2.33. The molecule has 0 aliphatic heterocycles. The Hall–Kier alpha value is -2.77. The van der Waals surface area contributed by atoms with Gasteiger partial charge in [0.2, 0.25) is 5.89 Å². The van der Waals surface area contributed by atoms with E-state index in [-0.39, 0.29) is 12.4 Å². The molecule has 7 nitrogen and oxygen atoms in total. The molecule has 1 aliphatic rings. The standard InChI is InChI=1S/C15H13FN4O3/c16-11-5-1-9(2-6-11)7-13-19-23-15(21)20(13)8-12-17-14(22-18-12)10-3-4-10/h1-2,5-6,10H,3-4,7-8H2. The Kier molecular flexibility index (Phi) is 3.29. The molecule has 1 saturated carbocycles. The molecular formula is C15H13FN4O3. The van der Waals surface area contributed by atoms with Gasteiger partial charge in [-0.25, -0.2) is 9.18 Å². The summed E-state index contributed by atoms with van der Waals surface area (Å²) in [5.41, 5.74) is 0.820. The quantitative estimate of drug-likeness (QED) is 0.714. The van der Waals surface area contributed by atoms with Crippen LogP contribution in [-0.4, -0.2) is 19.9 Å². The third-order valence-corrected chi connectivity index (χ3v) is 3.75. The molecule has 1 aromatic carbocycles. The highest BCUT2D eigenvalue weighted by Gasteiger charge is 2.29. The lowest BCUT2D eigenvalue weighted by molar-refractivity contribution is 0.367. The lowest BCUT2D eigenvalue weighted by atomic mass is 10.1. The van der Waals surface area contributed by atoms with Crippen molar-refractivity contribution in [1.29, 1.82) is 0 Å². The predicted octanol–water partition coefficient (Wildman–Crippen LogP) is 1.87. The molecule has 0 radical (unpaired) electrons. The molecule has 23 heavy (non-hydrogen) atoms. The molecule has 0 spiro atoms. The maximum absolute atomic E-state index is 13.0. The van der Waals surface area contributed by atoms with Crippen molar-refractivity contribution in [2.45, 2.75) is 31.7 Å². The fraction of sp³-hybridized carbons (Fsp3) is 0.333. The van der Waals surface area contributed by atoms with Gasteiger partial charge in [-0.3, -0.25) is 9.09 Å². The number of halogens is 1. The van der Waals surface area contributed by atoms with Gasteiger partial charge in [-0.1, -0.05) is 22.4 Å². The Morgan fingerprint density at radius 2 is 1.96 bits per heavy atom. The minimum absolute atomic E-state index is 0.134. The highest BCUT2D eigenvalue weighted by atomic mass is 19.1. The Morgan fingerprint density at radius 3 is 2.70 bits per heavy atom. The van der Waals surface area contributed by atoms with E-state index in [1.54, 1.807) is 12.1 Å². The minimum Gasteiger partial charge on any atom is -0.339 e. The minimum atomic E-state index is -0.583. The highest BCUT2D eigenvalue weighted by Crippen LogP contribution is 2.38. The van der Waals surface area contributed by atoms with Gasteiger partial charge in [0.15, 0.2) is 11.6 Å². The van der Waals surface area contributed by atoms with Gasteiger partial charge in [-0.2, -0.15) is 4.98 Å². The number of hydrogen-bond acceptors (Lipinski definition) is 6. The monoisotopic (exact) mass is 316 g/mol. The maximum Gasteiger partial charge on any atom is 0.442 e. The zero-order chi connectivity index (χ0) is 15.8. The summed E-state index contributed by atoms with van der Waals surface area (Å²) < 4.78 is 24.2. The largest absolute Gasteiger partial charge is 0.442 e. The first-order chi connectivity index (χ1) is 11.2. The van der Waals surface area contributed by atoms with E-state index in [2.05, 4.69) is 15.3 Å². The molecule has 0 unspecified atom stereocenters. The van der Waals surface area contributed by atoms with E-state index in [1.165, 1.54) is 16.7 Å². The summed E-state index contributed by atoms with van der Waals surface area (Å²) in [5, 5.41) is 7.67. The first-order valence-corrected chi connectivity index (χ1v) is 7.31. The van der Waals surface area contributed by atoms with Crippen LogP contribution in [0.3, 0.4) is 0 Å². The van der Waals surface area contributed by atoms with Crippen molar-refractivity contribution in [1.82, 2.24) is 19.9 Å². The van der Waals surface area contributed by atoms with Gasteiger partial charge in [0.25, 0.3) is 0 Å². The molecule has 2 aromatic heterocycles. The van der Waals surface area contributed by atoms with Crippen LogP contribution in [-0.2, 0) is 13.0 Å². The second-order valence-electron chi connectivity index (χ2n) is 5.58. The average molecular weight is 316 g/mol. The number of rotatable bonds is 5. The van der Waals surface area contributed by atoms with Crippen molar-refractivity contribution < 1.29 is 13.4 Å². The average Bonchev–Trinajstić information content (AvgIpc) is 3.21. The van der Waals surface area contributed by atoms with Crippen LogP contribution in [0.15, 0.2) is 38.1 Å². The fourth-order valence-corrected chi connectivity index (χ4v) is 2.33. The number of hydrogen-bond donors (Lipinski definition) is 0. The van der Waals surface area contributed by atoms with Crippen molar-refractivity contribution in [2.75, 3.05) is 0 Å². The lowest BCUT2D eigenvalue weighted by Crippen LogP contribution is -2.19. The molecule has 0 N–H and O–H groups in total. The van der Waals surface area contributed by atoms with E-state index in [0.717, 1.165) is 18.4 Å². The van der Waals surface area contributed by atoms with Gasteiger partial charge in [-0.15, -0.1) is 0 Å². The Morgan fingerprint density at radius 1 is 1.17 bits per heavy atom. The Bertz CT molecular complexity index is 877. The highest BCUT2D eigenvalue weighted by molar-refractivity contribution is 5.19. The SMILES string of the molecule is O=c1onc(Cc2ccc(F)cc2)n1Cc1noc(C2CC2)n1. The predicted molar refractivity (Wildman–Crippen MR) is 75.3 cm³/mol. The van der Waals surface area contributed by atoms with Gasteiger partial charge in [0, 0.05) is 12.3 Å². The molecule has 1 fully saturated rings. The first kappa shape index (κ1) is 13.9. The summed E-state index contributed by atoms with van der Waals surface area (Å²) in [6, 6.07) is 5.99. The van der Waals surface area contributed by atoms with E-state index in [9.17, 15) is 9.18 Å². The molecule has 0 bridgehead atoms. The van der Waals surface area contributed by atoms with Crippen LogP contribution < -0.4 is 5.76 Å². The number of benzene rings is 1. The van der Waals surface area contributed by atoms with Gasteiger partial charge in [0.1, 0.15) is 5.82 Å². The van der Waals surface area contributed by atoms with Crippen molar-refractivity contribution in [3.05, 3.63) is 63.7 Å². The second-order valence-corrected chi connectivity index (χ2v) is 5.58. The van der Waals surface area contributed by atoms with Crippen molar-refractivity contribution in [3.63, 3.8) is 0 Å². The lowest BCUT2D eigenvalue weighted by Gasteiger charge is -2.02. The van der Waals surface area contributed by atoms with E-state index >= 15 is 0 Å². The van der Waals surface area contributed by atoms with Crippen LogP contribution in [0.1, 0.15) is 41.9 Å². The first-order valence-electron chi connectivity index (χ1n) is 7.31. The van der Waals surface area contributed by atoms with Gasteiger partial charge < -0.3 is 4.52 Å². The summed E-state index contributed by atoms with van der Waals surface area (Å²) in [6.07, 6.45) is 2.47. The molecule has 2 heterocycles.